The predicted octanol–water partition coefficient (Wildman–Crippen LogP) is 0.0952. The normalized spacial score (nSPS) is 25.4. The van der Waals surface area contributed by atoms with Crippen molar-refractivity contribution < 1.29 is 17.7 Å². The van der Waals surface area contributed by atoms with Gasteiger partial charge in [-0.2, -0.15) is 10.1 Å². The first-order valence-electron chi connectivity index (χ1n) is 9.24. The van der Waals surface area contributed by atoms with Crippen LogP contribution < -0.4 is 0 Å². The minimum Gasteiger partial charge on any atom is -0.339 e. The molecule has 0 bridgehead atoms. The molecule has 0 spiro atoms. The Bertz CT molecular complexity index is 1030. The van der Waals surface area contributed by atoms with Crippen molar-refractivity contribution in [3.63, 3.8) is 0 Å². The van der Waals surface area contributed by atoms with Crippen LogP contribution in [-0.2, 0) is 22.5 Å². The van der Waals surface area contributed by atoms with Crippen LogP contribution in [0.4, 0.5) is 0 Å². The molecule has 0 aromatic carbocycles. The van der Waals surface area contributed by atoms with Crippen LogP contribution in [0, 0.1) is 19.8 Å². The van der Waals surface area contributed by atoms with E-state index in [4.69, 9.17) is 4.52 Å². The molecule has 0 unspecified atom stereocenters. The number of amides is 1. The Hall–Kier alpha value is -2.27. The number of rotatable bonds is 4. The highest BCUT2D eigenvalue weighted by atomic mass is 32.2. The van der Waals surface area contributed by atoms with E-state index in [-0.39, 0.29) is 24.1 Å². The van der Waals surface area contributed by atoms with Gasteiger partial charge in [0.25, 0.3) is 5.91 Å². The van der Waals surface area contributed by atoms with Crippen LogP contribution in [0.2, 0.25) is 0 Å². The van der Waals surface area contributed by atoms with Crippen molar-refractivity contribution in [2.75, 3.05) is 31.9 Å². The molecule has 2 fully saturated rings. The molecule has 4 heterocycles. The SMILES string of the molecule is CCS(=O)(=O)N1C[C@@H]2CN(C(=O)c3cnn(C)c3C)C[C@]2(c2nc(C)no2)C1. The molecule has 152 valence electrons. The average molecular weight is 408 g/mol. The highest BCUT2D eigenvalue weighted by Crippen LogP contribution is 2.45. The van der Waals surface area contributed by atoms with Gasteiger partial charge in [-0.3, -0.25) is 9.48 Å². The largest absolute Gasteiger partial charge is 0.339 e. The van der Waals surface area contributed by atoms with Crippen molar-refractivity contribution in [2.45, 2.75) is 26.2 Å². The summed E-state index contributed by atoms with van der Waals surface area (Å²) in [6, 6.07) is 0. The number of aryl methyl sites for hydroxylation is 2. The molecule has 1 amide bonds. The third-order valence-corrected chi connectivity index (χ3v) is 7.84. The van der Waals surface area contributed by atoms with Gasteiger partial charge in [0.05, 0.1) is 22.9 Å². The Labute approximate surface area is 163 Å². The van der Waals surface area contributed by atoms with Gasteiger partial charge in [0.1, 0.15) is 0 Å². The zero-order chi connectivity index (χ0) is 20.3. The van der Waals surface area contributed by atoms with E-state index in [0.29, 0.717) is 36.9 Å². The van der Waals surface area contributed by atoms with Crippen LogP contribution in [0.25, 0.3) is 0 Å². The second kappa shape index (κ2) is 6.38. The second-order valence-electron chi connectivity index (χ2n) is 7.65. The lowest BCUT2D eigenvalue weighted by Crippen LogP contribution is -2.41. The number of nitrogens with zero attached hydrogens (tertiary/aromatic N) is 6. The van der Waals surface area contributed by atoms with E-state index >= 15 is 0 Å². The van der Waals surface area contributed by atoms with E-state index in [9.17, 15) is 13.2 Å². The van der Waals surface area contributed by atoms with E-state index in [2.05, 4.69) is 15.2 Å². The molecule has 0 saturated carbocycles. The van der Waals surface area contributed by atoms with Crippen LogP contribution in [-0.4, -0.2) is 75.4 Å². The maximum Gasteiger partial charge on any atom is 0.257 e. The molecule has 11 heteroatoms. The lowest BCUT2D eigenvalue weighted by atomic mass is 9.81. The second-order valence-corrected chi connectivity index (χ2v) is 9.90. The van der Waals surface area contributed by atoms with Crippen molar-refractivity contribution >= 4 is 15.9 Å². The van der Waals surface area contributed by atoms with Crippen molar-refractivity contribution in [3.8, 4) is 0 Å². The monoisotopic (exact) mass is 408 g/mol. The van der Waals surface area contributed by atoms with E-state index in [1.165, 1.54) is 4.31 Å². The Morgan fingerprint density at radius 2 is 2.07 bits per heavy atom. The van der Waals surface area contributed by atoms with Gasteiger partial charge in [0, 0.05) is 44.8 Å². The van der Waals surface area contributed by atoms with Crippen LogP contribution >= 0.6 is 0 Å². The van der Waals surface area contributed by atoms with Gasteiger partial charge in [0.2, 0.25) is 15.9 Å². The summed E-state index contributed by atoms with van der Waals surface area (Å²) in [6.07, 6.45) is 1.57. The van der Waals surface area contributed by atoms with Crippen LogP contribution in [0.1, 0.15) is 34.7 Å². The Morgan fingerprint density at radius 3 is 2.64 bits per heavy atom. The molecule has 0 radical (unpaired) electrons. The standard InChI is InChI=1S/C17H24N6O4S/c1-5-28(25,26)23-8-13-7-22(15(24)14-6-18-21(4)11(14)2)9-17(13,10-23)16-19-12(3)20-27-16/h6,13H,5,7-10H2,1-4H3/t13-,17-/m0/s1. The molecule has 0 N–H and O–H groups in total. The fourth-order valence-electron chi connectivity index (χ4n) is 4.25. The molecular formula is C17H24N6O4S. The molecule has 2 aromatic rings. The zero-order valence-corrected chi connectivity index (χ0v) is 17.2. The third-order valence-electron chi connectivity index (χ3n) is 6.04. The summed E-state index contributed by atoms with van der Waals surface area (Å²) in [5.74, 6) is 0.723. The minimum absolute atomic E-state index is 0.0379. The van der Waals surface area contributed by atoms with E-state index < -0.39 is 15.4 Å². The van der Waals surface area contributed by atoms with E-state index in [1.807, 2.05) is 6.92 Å². The van der Waals surface area contributed by atoms with Gasteiger partial charge < -0.3 is 9.42 Å². The van der Waals surface area contributed by atoms with Gasteiger partial charge in [0.15, 0.2) is 5.82 Å². The molecule has 0 aliphatic carbocycles. The molecule has 2 aliphatic rings. The first-order valence-corrected chi connectivity index (χ1v) is 10.9. The number of hydrogen-bond donors (Lipinski definition) is 0. The molecule has 10 nitrogen and oxygen atoms in total. The van der Waals surface area contributed by atoms with Crippen molar-refractivity contribution in [1.29, 1.82) is 0 Å². The number of carbonyl (C=O) groups is 1. The molecule has 2 aliphatic heterocycles. The van der Waals surface area contributed by atoms with Gasteiger partial charge >= 0.3 is 0 Å². The van der Waals surface area contributed by atoms with Gasteiger partial charge in [-0.05, 0) is 20.8 Å². The fourth-order valence-corrected chi connectivity index (χ4v) is 5.45. The average Bonchev–Trinajstić information content (AvgIpc) is 3.38. The van der Waals surface area contributed by atoms with Crippen LogP contribution in [0.5, 0.6) is 0 Å². The minimum atomic E-state index is -3.35. The highest BCUT2D eigenvalue weighted by molar-refractivity contribution is 7.89. The van der Waals surface area contributed by atoms with Gasteiger partial charge in [-0.25, -0.2) is 12.7 Å². The maximum absolute atomic E-state index is 13.1. The molecule has 2 aromatic heterocycles. The quantitative estimate of drug-likeness (QED) is 0.704. The number of likely N-dealkylation sites (tertiary alicyclic amines) is 1. The number of sulfonamides is 1. The van der Waals surface area contributed by atoms with Gasteiger partial charge in [-0.15, -0.1) is 0 Å². The predicted molar refractivity (Wildman–Crippen MR) is 99.1 cm³/mol. The fraction of sp³-hybridized carbons (Fsp3) is 0.647. The van der Waals surface area contributed by atoms with Gasteiger partial charge in [-0.1, -0.05) is 5.16 Å². The summed E-state index contributed by atoms with van der Waals surface area (Å²) >= 11 is 0. The summed E-state index contributed by atoms with van der Waals surface area (Å²) in [7, 11) is -1.55. The van der Waals surface area contributed by atoms with Crippen molar-refractivity contribution in [1.82, 2.24) is 29.1 Å². The molecule has 2 atom stereocenters. The zero-order valence-electron chi connectivity index (χ0n) is 16.4. The van der Waals surface area contributed by atoms with Crippen LogP contribution in [0.15, 0.2) is 10.7 Å². The summed E-state index contributed by atoms with van der Waals surface area (Å²) in [5, 5.41) is 8.05. The molecule has 28 heavy (non-hydrogen) atoms. The third kappa shape index (κ3) is 2.75. The Balaban J connectivity index is 1.68. The summed E-state index contributed by atoms with van der Waals surface area (Å²) in [5.41, 5.74) is 0.659. The van der Waals surface area contributed by atoms with E-state index in [0.717, 1.165) is 5.69 Å². The smallest absolute Gasteiger partial charge is 0.257 e. The number of hydrogen-bond acceptors (Lipinski definition) is 7. The topological polar surface area (TPSA) is 114 Å². The molecular weight excluding hydrogens is 384 g/mol. The summed E-state index contributed by atoms with van der Waals surface area (Å²) < 4.78 is 33.6. The van der Waals surface area contributed by atoms with Crippen LogP contribution in [0.3, 0.4) is 0 Å². The summed E-state index contributed by atoms with van der Waals surface area (Å²) in [6.45, 7) is 6.56. The molecule has 4 rings (SSSR count). The van der Waals surface area contributed by atoms with E-state index in [1.54, 1.807) is 36.7 Å². The Morgan fingerprint density at radius 1 is 1.32 bits per heavy atom. The molecule has 2 saturated heterocycles. The number of fused-ring (bicyclic) bond motifs is 1. The first-order chi connectivity index (χ1) is 13.2. The lowest BCUT2D eigenvalue weighted by Gasteiger charge is -2.25. The maximum atomic E-state index is 13.1. The Kier molecular flexibility index (Phi) is 4.34. The lowest BCUT2D eigenvalue weighted by molar-refractivity contribution is 0.0772. The highest BCUT2D eigenvalue weighted by Gasteiger charge is 2.59. The number of aromatic nitrogens is 4. The summed E-state index contributed by atoms with van der Waals surface area (Å²) in [4.78, 5) is 19.3. The number of carbonyl (C=O) groups excluding carboxylic acids is 1. The van der Waals surface area contributed by atoms with Crippen molar-refractivity contribution in [3.05, 3.63) is 29.2 Å². The first kappa shape index (κ1) is 19.1. The van der Waals surface area contributed by atoms with Crippen molar-refractivity contribution in [2.24, 2.45) is 13.0 Å².